The Morgan fingerprint density at radius 3 is 2.55 bits per heavy atom. The minimum Gasteiger partial charge on any atom is -0.353 e. The van der Waals surface area contributed by atoms with Crippen molar-refractivity contribution in [3.8, 4) is 0 Å². The molecule has 1 aliphatic rings. The first-order valence-electron chi connectivity index (χ1n) is 7.63. The SMILES string of the molecule is CCOC(C)OC[C@@H]1C[C@H](C(C)=O)N(C)[C@H]1C(N)CC. The van der Waals surface area contributed by atoms with Crippen LogP contribution >= 0.6 is 0 Å². The van der Waals surface area contributed by atoms with Gasteiger partial charge in [-0.2, -0.15) is 0 Å². The van der Waals surface area contributed by atoms with Crippen molar-refractivity contribution in [2.45, 2.75) is 65.0 Å². The Hall–Kier alpha value is -0.490. The molecule has 2 N–H and O–H groups in total. The predicted molar refractivity (Wildman–Crippen MR) is 79.4 cm³/mol. The van der Waals surface area contributed by atoms with E-state index in [1.54, 1.807) is 6.92 Å². The zero-order valence-electron chi connectivity index (χ0n) is 13.5. The number of ether oxygens (including phenoxy) is 2. The highest BCUT2D eigenvalue weighted by molar-refractivity contribution is 5.81. The molecule has 0 aromatic heterocycles. The second-order valence-electron chi connectivity index (χ2n) is 5.71. The Balaban J connectivity index is 2.68. The molecule has 1 rings (SSSR count). The van der Waals surface area contributed by atoms with E-state index in [1.807, 2.05) is 20.9 Å². The Labute approximate surface area is 122 Å². The molecule has 20 heavy (non-hydrogen) atoms. The molecule has 0 spiro atoms. The van der Waals surface area contributed by atoms with Crippen molar-refractivity contribution in [1.82, 2.24) is 4.90 Å². The first-order valence-corrected chi connectivity index (χ1v) is 7.63. The van der Waals surface area contributed by atoms with E-state index in [0.717, 1.165) is 12.8 Å². The number of Topliss-reactive ketones (excluding diaryl/α,β-unsaturated/α-hetero) is 1. The summed E-state index contributed by atoms with van der Waals surface area (Å²) in [6.45, 7) is 8.82. The smallest absolute Gasteiger partial charge is 0.154 e. The van der Waals surface area contributed by atoms with Gasteiger partial charge in [0.1, 0.15) is 5.78 Å². The number of likely N-dealkylation sites (tertiary alicyclic amines) is 1. The molecule has 1 heterocycles. The van der Waals surface area contributed by atoms with Crippen molar-refractivity contribution in [2.75, 3.05) is 20.3 Å². The van der Waals surface area contributed by atoms with E-state index in [9.17, 15) is 4.79 Å². The summed E-state index contributed by atoms with van der Waals surface area (Å²) in [6.07, 6.45) is 1.51. The summed E-state index contributed by atoms with van der Waals surface area (Å²) < 4.78 is 11.1. The van der Waals surface area contributed by atoms with E-state index >= 15 is 0 Å². The topological polar surface area (TPSA) is 64.8 Å². The summed E-state index contributed by atoms with van der Waals surface area (Å²) >= 11 is 0. The summed E-state index contributed by atoms with van der Waals surface area (Å²) in [5.74, 6) is 0.493. The van der Waals surface area contributed by atoms with Crippen LogP contribution in [0.25, 0.3) is 0 Å². The fraction of sp³-hybridized carbons (Fsp3) is 0.933. The summed E-state index contributed by atoms with van der Waals surface area (Å²) in [5, 5.41) is 0. The summed E-state index contributed by atoms with van der Waals surface area (Å²) in [6, 6.07) is 0.233. The number of nitrogens with two attached hydrogens (primary N) is 1. The molecule has 5 atom stereocenters. The zero-order chi connectivity index (χ0) is 15.3. The number of carbonyl (C=O) groups is 1. The molecule has 5 nitrogen and oxygen atoms in total. The third kappa shape index (κ3) is 4.25. The minimum atomic E-state index is -0.208. The molecular weight excluding hydrogens is 256 g/mol. The molecule has 0 saturated carbocycles. The Morgan fingerprint density at radius 1 is 1.40 bits per heavy atom. The normalized spacial score (nSPS) is 30.4. The summed E-state index contributed by atoms with van der Waals surface area (Å²) in [4.78, 5) is 13.9. The number of likely N-dealkylation sites (N-methyl/N-ethyl adjacent to an activating group) is 1. The molecule has 0 radical (unpaired) electrons. The largest absolute Gasteiger partial charge is 0.353 e. The van der Waals surface area contributed by atoms with E-state index in [-0.39, 0.29) is 36.1 Å². The van der Waals surface area contributed by atoms with Crippen LogP contribution in [0.3, 0.4) is 0 Å². The molecule has 0 aromatic rings. The fourth-order valence-electron chi connectivity index (χ4n) is 3.19. The van der Waals surface area contributed by atoms with Crippen molar-refractivity contribution in [2.24, 2.45) is 11.7 Å². The highest BCUT2D eigenvalue weighted by Crippen LogP contribution is 2.32. The monoisotopic (exact) mass is 286 g/mol. The van der Waals surface area contributed by atoms with Gasteiger partial charge in [-0.1, -0.05) is 6.92 Å². The highest BCUT2D eigenvalue weighted by atomic mass is 16.7. The van der Waals surface area contributed by atoms with Gasteiger partial charge in [0.15, 0.2) is 6.29 Å². The Morgan fingerprint density at radius 2 is 2.05 bits per heavy atom. The number of ketones is 1. The van der Waals surface area contributed by atoms with E-state index < -0.39 is 0 Å². The van der Waals surface area contributed by atoms with Crippen LogP contribution in [0.1, 0.15) is 40.5 Å². The number of rotatable bonds is 8. The Bertz CT molecular complexity index is 311. The van der Waals surface area contributed by atoms with Crippen LogP contribution in [0, 0.1) is 5.92 Å². The molecule has 118 valence electrons. The lowest BCUT2D eigenvalue weighted by Gasteiger charge is -2.31. The molecule has 0 aromatic carbocycles. The van der Waals surface area contributed by atoms with Gasteiger partial charge < -0.3 is 15.2 Å². The molecule has 1 aliphatic heterocycles. The molecule has 1 fully saturated rings. The number of carbonyl (C=O) groups excluding carboxylic acids is 1. The van der Waals surface area contributed by atoms with Crippen molar-refractivity contribution < 1.29 is 14.3 Å². The average molecular weight is 286 g/mol. The second kappa shape index (κ2) is 8.08. The predicted octanol–water partition coefficient (Wildman–Crippen LogP) is 1.40. The highest BCUT2D eigenvalue weighted by Gasteiger charge is 2.43. The first-order chi connectivity index (χ1) is 9.42. The average Bonchev–Trinajstić information content (AvgIpc) is 2.73. The van der Waals surface area contributed by atoms with E-state index in [0.29, 0.717) is 13.2 Å². The van der Waals surface area contributed by atoms with Crippen LogP contribution in [0.4, 0.5) is 0 Å². The van der Waals surface area contributed by atoms with Crippen LogP contribution in [-0.4, -0.2) is 55.4 Å². The van der Waals surface area contributed by atoms with Crippen molar-refractivity contribution in [3.05, 3.63) is 0 Å². The molecule has 0 aliphatic carbocycles. The fourth-order valence-corrected chi connectivity index (χ4v) is 3.19. The van der Waals surface area contributed by atoms with Gasteiger partial charge in [-0.15, -0.1) is 0 Å². The number of hydrogen-bond donors (Lipinski definition) is 1. The van der Waals surface area contributed by atoms with Crippen LogP contribution in [0.5, 0.6) is 0 Å². The van der Waals surface area contributed by atoms with Gasteiger partial charge >= 0.3 is 0 Å². The van der Waals surface area contributed by atoms with Gasteiger partial charge in [0, 0.05) is 24.6 Å². The Kier molecular flexibility index (Phi) is 7.09. The van der Waals surface area contributed by atoms with Gasteiger partial charge in [0.25, 0.3) is 0 Å². The lowest BCUT2D eigenvalue weighted by molar-refractivity contribution is -0.137. The zero-order valence-corrected chi connectivity index (χ0v) is 13.5. The molecule has 1 saturated heterocycles. The standard InChI is InChI=1S/C15H30N2O3/c1-6-13(16)15-12(9-20-11(4)19-7-2)8-14(10(3)18)17(15)5/h11-15H,6-9,16H2,1-5H3/t11?,12-,13?,14+,15+/m0/s1. The van der Waals surface area contributed by atoms with Gasteiger partial charge in [-0.05, 0) is 40.7 Å². The number of nitrogens with zero attached hydrogens (tertiary/aromatic N) is 1. The van der Waals surface area contributed by atoms with Crippen molar-refractivity contribution in [1.29, 1.82) is 0 Å². The van der Waals surface area contributed by atoms with Gasteiger partial charge in [-0.3, -0.25) is 9.69 Å². The van der Waals surface area contributed by atoms with Crippen LogP contribution in [0.15, 0.2) is 0 Å². The third-order valence-electron chi connectivity index (χ3n) is 4.30. The van der Waals surface area contributed by atoms with Crippen LogP contribution < -0.4 is 5.73 Å². The molecule has 0 amide bonds. The van der Waals surface area contributed by atoms with Gasteiger partial charge in [0.2, 0.25) is 0 Å². The molecular formula is C15H30N2O3. The van der Waals surface area contributed by atoms with E-state index in [4.69, 9.17) is 15.2 Å². The van der Waals surface area contributed by atoms with Crippen LogP contribution in [-0.2, 0) is 14.3 Å². The van der Waals surface area contributed by atoms with E-state index in [1.165, 1.54) is 0 Å². The van der Waals surface area contributed by atoms with Crippen molar-refractivity contribution in [3.63, 3.8) is 0 Å². The number of hydrogen-bond acceptors (Lipinski definition) is 5. The molecule has 2 unspecified atom stereocenters. The lowest BCUT2D eigenvalue weighted by atomic mass is 9.93. The summed E-state index contributed by atoms with van der Waals surface area (Å²) in [5.41, 5.74) is 6.25. The second-order valence-corrected chi connectivity index (χ2v) is 5.71. The molecule has 0 bridgehead atoms. The minimum absolute atomic E-state index is 0.0337. The van der Waals surface area contributed by atoms with E-state index in [2.05, 4.69) is 11.8 Å². The maximum Gasteiger partial charge on any atom is 0.154 e. The summed E-state index contributed by atoms with van der Waals surface area (Å²) in [7, 11) is 2.00. The maximum atomic E-state index is 11.8. The quantitative estimate of drug-likeness (QED) is 0.683. The van der Waals surface area contributed by atoms with Gasteiger partial charge in [0.05, 0.1) is 12.6 Å². The first kappa shape index (κ1) is 17.6. The van der Waals surface area contributed by atoms with Crippen molar-refractivity contribution >= 4 is 5.78 Å². The third-order valence-corrected chi connectivity index (χ3v) is 4.30. The van der Waals surface area contributed by atoms with Gasteiger partial charge in [-0.25, -0.2) is 0 Å². The van der Waals surface area contributed by atoms with Crippen LogP contribution in [0.2, 0.25) is 0 Å². The lowest BCUT2D eigenvalue weighted by Crippen LogP contribution is -2.48. The molecule has 5 heteroatoms. The maximum absolute atomic E-state index is 11.8.